The molecule has 0 radical (unpaired) electrons. The van der Waals surface area contributed by atoms with Crippen LogP contribution in [0.5, 0.6) is 0 Å². The molecule has 0 aromatic rings. The van der Waals surface area contributed by atoms with Gasteiger partial charge in [0.25, 0.3) is 0 Å². The smallest absolute Gasteiger partial charge is 0.240 e. The maximum atomic E-state index is 12.7. The van der Waals surface area contributed by atoms with Crippen molar-refractivity contribution in [2.24, 2.45) is 0 Å². The number of alkyl halides is 7. The van der Waals surface area contributed by atoms with Crippen molar-refractivity contribution in [2.75, 3.05) is 0 Å². The second-order valence-electron chi connectivity index (χ2n) is 3.08. The zero-order chi connectivity index (χ0) is 10.7. The van der Waals surface area contributed by atoms with E-state index in [1.807, 2.05) is 0 Å². The van der Waals surface area contributed by atoms with E-state index >= 15 is 0 Å². The molecular weight excluding hydrogens is 205 g/mol. The Balaban J connectivity index is 3.23. The molecule has 1 rings (SSSR count). The number of hydrogen-bond acceptors (Lipinski definition) is 0. The Kier molecular flexibility index (Phi) is 1.87. The van der Waals surface area contributed by atoms with E-state index in [9.17, 15) is 30.7 Å². The first kappa shape index (κ1) is 10.6. The van der Waals surface area contributed by atoms with Crippen molar-refractivity contribution in [3.8, 4) is 0 Å². The molecule has 3 atom stereocenters. The van der Waals surface area contributed by atoms with E-state index in [0.717, 1.165) is 0 Å². The molecule has 0 bridgehead atoms. The van der Waals surface area contributed by atoms with Crippen molar-refractivity contribution in [1.82, 2.24) is 0 Å². The molecule has 0 aliphatic heterocycles. The molecule has 1 unspecified atom stereocenters. The van der Waals surface area contributed by atoms with Gasteiger partial charge in [0, 0.05) is 0 Å². The summed E-state index contributed by atoms with van der Waals surface area (Å²) in [7, 11) is 0. The lowest BCUT2D eigenvalue weighted by atomic mass is 10.0. The lowest BCUT2D eigenvalue weighted by Crippen LogP contribution is -2.49. The van der Waals surface area contributed by atoms with Crippen LogP contribution in [0.15, 0.2) is 0 Å². The van der Waals surface area contributed by atoms with E-state index < -0.39 is 29.9 Å². The Morgan fingerprint density at radius 2 is 1.23 bits per heavy atom. The third kappa shape index (κ3) is 0.927. The highest BCUT2D eigenvalue weighted by molar-refractivity contribution is 5.17. The fourth-order valence-corrected chi connectivity index (χ4v) is 1.13. The van der Waals surface area contributed by atoms with Crippen LogP contribution < -0.4 is 0 Å². The Hall–Kier alpha value is -0.490. The molecule has 78 valence electrons. The molecule has 0 saturated heterocycles. The molecule has 0 aromatic carbocycles. The monoisotopic (exact) mass is 210 g/mol. The summed E-state index contributed by atoms with van der Waals surface area (Å²) < 4.78 is 86.6. The summed E-state index contributed by atoms with van der Waals surface area (Å²) in [5, 5.41) is 0. The SMILES string of the molecule is CC1(F)[C@@H](F)[C@H](F)C(F)(F)C1(F)F. The van der Waals surface area contributed by atoms with E-state index in [4.69, 9.17) is 0 Å². The first-order valence-corrected chi connectivity index (χ1v) is 3.29. The van der Waals surface area contributed by atoms with Crippen molar-refractivity contribution in [3.05, 3.63) is 0 Å². The maximum absolute atomic E-state index is 12.7. The summed E-state index contributed by atoms with van der Waals surface area (Å²) in [4.78, 5) is 0. The summed E-state index contributed by atoms with van der Waals surface area (Å²) >= 11 is 0. The number of hydrogen-bond donors (Lipinski definition) is 0. The van der Waals surface area contributed by atoms with Crippen LogP contribution in [0.3, 0.4) is 0 Å². The molecule has 1 saturated carbocycles. The van der Waals surface area contributed by atoms with Gasteiger partial charge in [-0.2, -0.15) is 17.6 Å². The standard InChI is InChI=1S/C6H5F7/c1-4(9)2(7)3(8)5(10,11)6(4,12)13/h2-3H,1H3/t2-,3-,4?/m0/s1. The second-order valence-corrected chi connectivity index (χ2v) is 3.08. The van der Waals surface area contributed by atoms with E-state index in [0.29, 0.717) is 0 Å². The van der Waals surface area contributed by atoms with E-state index in [1.165, 1.54) is 0 Å². The predicted octanol–water partition coefficient (Wildman–Crippen LogP) is 2.68. The van der Waals surface area contributed by atoms with Crippen molar-refractivity contribution >= 4 is 0 Å². The van der Waals surface area contributed by atoms with Crippen LogP contribution in [-0.2, 0) is 0 Å². The molecule has 0 aromatic heterocycles. The minimum absolute atomic E-state index is 0.0782. The van der Waals surface area contributed by atoms with Gasteiger partial charge in [-0.1, -0.05) is 0 Å². The highest BCUT2D eigenvalue weighted by atomic mass is 19.3. The van der Waals surface area contributed by atoms with Gasteiger partial charge in [-0.25, -0.2) is 13.2 Å². The molecule has 0 nitrogen and oxygen atoms in total. The quantitative estimate of drug-likeness (QED) is 0.539. The molecule has 13 heavy (non-hydrogen) atoms. The zero-order valence-electron chi connectivity index (χ0n) is 6.30. The largest absolute Gasteiger partial charge is 0.349 e. The Morgan fingerprint density at radius 1 is 0.846 bits per heavy atom. The van der Waals surface area contributed by atoms with Crippen LogP contribution in [0.1, 0.15) is 6.92 Å². The summed E-state index contributed by atoms with van der Waals surface area (Å²) in [5.74, 6) is -10.6. The van der Waals surface area contributed by atoms with Crippen LogP contribution in [0.4, 0.5) is 30.7 Å². The van der Waals surface area contributed by atoms with Crippen molar-refractivity contribution in [1.29, 1.82) is 0 Å². The van der Waals surface area contributed by atoms with Gasteiger partial charge in [0.2, 0.25) is 11.8 Å². The highest BCUT2D eigenvalue weighted by Crippen LogP contribution is 2.57. The van der Waals surface area contributed by atoms with Gasteiger partial charge in [-0.05, 0) is 6.92 Å². The molecule has 1 aliphatic carbocycles. The molecule has 1 fully saturated rings. The molecule has 0 heterocycles. The average Bonchev–Trinajstić information content (AvgIpc) is 2.05. The minimum Gasteiger partial charge on any atom is -0.240 e. The normalized spacial score (nSPS) is 48.0. The topological polar surface area (TPSA) is 0 Å². The van der Waals surface area contributed by atoms with E-state index in [1.54, 1.807) is 0 Å². The van der Waals surface area contributed by atoms with Crippen molar-refractivity contribution < 1.29 is 30.7 Å². The maximum Gasteiger partial charge on any atom is 0.349 e. The van der Waals surface area contributed by atoms with E-state index in [2.05, 4.69) is 0 Å². The minimum atomic E-state index is -5.32. The zero-order valence-corrected chi connectivity index (χ0v) is 6.30. The summed E-state index contributed by atoms with van der Waals surface area (Å²) in [6, 6.07) is 0. The second kappa shape index (κ2) is 2.30. The van der Waals surface area contributed by atoms with Crippen LogP contribution in [-0.4, -0.2) is 29.9 Å². The first-order valence-electron chi connectivity index (χ1n) is 3.29. The Morgan fingerprint density at radius 3 is 1.31 bits per heavy atom. The van der Waals surface area contributed by atoms with Crippen LogP contribution in [0.25, 0.3) is 0 Å². The predicted molar refractivity (Wildman–Crippen MR) is 29.2 cm³/mol. The molecule has 7 heteroatoms. The summed E-state index contributed by atoms with van der Waals surface area (Å²) in [5.41, 5.74) is -4.17. The fraction of sp³-hybridized carbons (Fsp3) is 1.00. The third-order valence-corrected chi connectivity index (χ3v) is 2.15. The number of halogens is 7. The lowest BCUT2D eigenvalue weighted by molar-refractivity contribution is -0.244. The van der Waals surface area contributed by atoms with Crippen LogP contribution in [0, 0.1) is 0 Å². The molecule has 0 amide bonds. The van der Waals surface area contributed by atoms with Gasteiger partial charge in [0.15, 0.2) is 6.17 Å². The van der Waals surface area contributed by atoms with Gasteiger partial charge in [0.05, 0.1) is 0 Å². The molecule has 0 spiro atoms. The fourth-order valence-electron chi connectivity index (χ4n) is 1.13. The first-order chi connectivity index (χ1) is 5.57. The molecular formula is C6H5F7. The summed E-state index contributed by atoms with van der Waals surface area (Å²) in [6.07, 6.45) is -7.32. The molecule has 1 aliphatic rings. The lowest BCUT2D eigenvalue weighted by Gasteiger charge is -2.25. The summed E-state index contributed by atoms with van der Waals surface area (Å²) in [6.45, 7) is -0.0782. The van der Waals surface area contributed by atoms with Gasteiger partial charge in [-0.3, -0.25) is 0 Å². The van der Waals surface area contributed by atoms with Crippen molar-refractivity contribution in [3.63, 3.8) is 0 Å². The highest BCUT2D eigenvalue weighted by Gasteiger charge is 2.83. The van der Waals surface area contributed by atoms with Crippen LogP contribution in [0.2, 0.25) is 0 Å². The third-order valence-electron chi connectivity index (χ3n) is 2.15. The average molecular weight is 210 g/mol. The van der Waals surface area contributed by atoms with Gasteiger partial charge in [0.1, 0.15) is 0 Å². The number of rotatable bonds is 0. The van der Waals surface area contributed by atoms with Gasteiger partial charge >= 0.3 is 11.8 Å². The van der Waals surface area contributed by atoms with Gasteiger partial charge in [-0.15, -0.1) is 0 Å². The van der Waals surface area contributed by atoms with Crippen LogP contribution >= 0.6 is 0 Å². The van der Waals surface area contributed by atoms with Crippen molar-refractivity contribution in [2.45, 2.75) is 36.8 Å². The van der Waals surface area contributed by atoms with Gasteiger partial charge < -0.3 is 0 Å². The Labute approximate surface area is 68.7 Å². The Bertz CT molecular complexity index is 199. The molecule has 0 N–H and O–H groups in total. The van der Waals surface area contributed by atoms with E-state index in [-0.39, 0.29) is 6.92 Å².